The Morgan fingerprint density at radius 1 is 0.863 bits per heavy atom. The van der Waals surface area contributed by atoms with Gasteiger partial charge in [0.15, 0.2) is 5.78 Å². The molecule has 0 radical (unpaired) electrons. The van der Waals surface area contributed by atoms with Gasteiger partial charge >= 0.3 is 11.9 Å². The van der Waals surface area contributed by atoms with E-state index in [4.69, 9.17) is 28.4 Å². The maximum absolute atomic E-state index is 14.5. The molecule has 0 spiro atoms. The van der Waals surface area contributed by atoms with Gasteiger partial charge in [0.05, 0.1) is 31.5 Å². The summed E-state index contributed by atoms with van der Waals surface area (Å²) in [6.45, 7) is 12.7. The largest absolute Gasteiger partial charge is 0.460 e. The van der Waals surface area contributed by atoms with Crippen LogP contribution in [0.4, 0.5) is 0 Å². The summed E-state index contributed by atoms with van der Waals surface area (Å²) in [7, 11) is 4.43. The number of ether oxygens (including phenoxy) is 6. The first kappa shape index (κ1) is 61.6. The molecule has 17 heteroatoms. The molecule has 3 aliphatic heterocycles. The minimum atomic E-state index is -2.47. The van der Waals surface area contributed by atoms with E-state index in [0.717, 1.165) is 10.5 Å². The Morgan fingerprint density at radius 3 is 2.21 bits per heavy atom. The van der Waals surface area contributed by atoms with Gasteiger partial charge in [-0.05, 0) is 114 Å². The number of hydrogen-bond donors (Lipinski definition) is 4. The van der Waals surface area contributed by atoms with E-state index in [1.807, 2.05) is 51.2 Å². The van der Waals surface area contributed by atoms with E-state index in [0.29, 0.717) is 69.8 Å². The van der Waals surface area contributed by atoms with Gasteiger partial charge in [0.1, 0.15) is 41.7 Å². The second kappa shape index (κ2) is 28.3. The zero-order chi connectivity index (χ0) is 54.4. The Bertz CT molecular complexity index is 2010. The summed E-state index contributed by atoms with van der Waals surface area (Å²) < 4.78 is 35.4. The van der Waals surface area contributed by atoms with Crippen molar-refractivity contribution in [1.82, 2.24) is 4.90 Å². The normalized spacial score (nSPS) is 37.4. The highest BCUT2D eigenvalue weighted by Crippen LogP contribution is 2.38. The third-order valence-electron chi connectivity index (χ3n) is 15.9. The SMILES string of the molecule is CO[C@H]1C[C@@H]2CC[C@@H](C)[C@@](O)(O2)C(=O)C(=O)N2CCCC[C@H]2C(=O)O[C@H]([C@@H](C)C[C@@H]2CC[C@@H](OC(=O)C(C)(CO)CO)[C@H](OC)C2)CC(=O)[C@H](C)/C=C(\C)[C@@H](O)[C@@H](OC)C(=O)[C@H](C)C[C@H](C)/C=C/C=C/C=C/1C. The monoisotopic (exact) mass is 1030 g/mol. The van der Waals surface area contributed by atoms with Gasteiger partial charge in [0.25, 0.3) is 11.7 Å². The molecule has 0 unspecified atom stereocenters. The van der Waals surface area contributed by atoms with Gasteiger partial charge in [-0.2, -0.15) is 0 Å². The number of esters is 2. The van der Waals surface area contributed by atoms with Crippen molar-refractivity contribution in [3.63, 3.8) is 0 Å². The van der Waals surface area contributed by atoms with Crippen LogP contribution in [0.5, 0.6) is 0 Å². The summed E-state index contributed by atoms with van der Waals surface area (Å²) in [5.74, 6) is -9.36. The van der Waals surface area contributed by atoms with Crippen molar-refractivity contribution in [3.05, 3.63) is 47.6 Å². The molecule has 4 aliphatic rings. The topological polar surface area (TPSA) is 242 Å². The third kappa shape index (κ3) is 16.0. The van der Waals surface area contributed by atoms with E-state index in [1.54, 1.807) is 40.9 Å². The van der Waals surface area contributed by atoms with Crippen LogP contribution in [-0.4, -0.2) is 156 Å². The molecule has 15 atom stereocenters. The van der Waals surface area contributed by atoms with Crippen LogP contribution in [0.15, 0.2) is 47.6 Å². The van der Waals surface area contributed by atoms with Crippen molar-refractivity contribution in [2.45, 2.75) is 187 Å². The third-order valence-corrected chi connectivity index (χ3v) is 15.9. The number of ketones is 3. The first-order chi connectivity index (χ1) is 34.5. The van der Waals surface area contributed by atoms with Crippen LogP contribution >= 0.6 is 0 Å². The van der Waals surface area contributed by atoms with Gasteiger partial charge in [-0.25, -0.2) is 4.79 Å². The zero-order valence-corrected chi connectivity index (χ0v) is 45.3. The lowest BCUT2D eigenvalue weighted by Gasteiger charge is -2.42. The van der Waals surface area contributed by atoms with Crippen LogP contribution in [0, 0.1) is 40.9 Å². The van der Waals surface area contributed by atoms with Gasteiger partial charge < -0.3 is 53.7 Å². The van der Waals surface area contributed by atoms with Crippen molar-refractivity contribution in [2.75, 3.05) is 41.1 Å². The highest BCUT2D eigenvalue weighted by Gasteiger charge is 2.53. The number of cyclic esters (lactones) is 1. The lowest BCUT2D eigenvalue weighted by Crippen LogP contribution is -2.61. The summed E-state index contributed by atoms with van der Waals surface area (Å²) >= 11 is 0. The average Bonchev–Trinajstić information content (AvgIpc) is 3.37. The predicted octanol–water partition coefficient (Wildman–Crippen LogP) is 5.72. The molecule has 0 aromatic carbocycles. The van der Waals surface area contributed by atoms with Gasteiger partial charge in [0.2, 0.25) is 5.79 Å². The number of hydrogen-bond acceptors (Lipinski definition) is 16. The number of allylic oxidation sites excluding steroid dienone is 6. The number of nitrogens with zero attached hydrogens (tertiary/aromatic N) is 1. The lowest BCUT2D eigenvalue weighted by atomic mass is 9.78. The fraction of sp³-hybridized carbons (Fsp3) is 0.750. The lowest BCUT2D eigenvalue weighted by molar-refractivity contribution is -0.265. The molecule has 0 aromatic heterocycles. The summed E-state index contributed by atoms with van der Waals surface area (Å²) in [5, 5.41) is 43.1. The molecule has 1 saturated carbocycles. The van der Waals surface area contributed by atoms with Gasteiger partial charge in [-0.3, -0.25) is 24.0 Å². The Balaban J connectivity index is 1.69. The smallest absolute Gasteiger partial charge is 0.329 e. The number of Topliss-reactive ketones (excluding diaryl/α,β-unsaturated/α-hetero) is 3. The fourth-order valence-corrected chi connectivity index (χ4v) is 10.7. The number of aliphatic hydroxyl groups excluding tert-OH is 3. The van der Waals surface area contributed by atoms with E-state index in [-0.39, 0.29) is 42.8 Å². The van der Waals surface area contributed by atoms with E-state index in [1.165, 1.54) is 21.1 Å². The molecule has 73 heavy (non-hydrogen) atoms. The number of carbonyl (C=O) groups excluding carboxylic acids is 6. The van der Waals surface area contributed by atoms with E-state index >= 15 is 0 Å². The van der Waals surface area contributed by atoms with Gasteiger partial charge in [0, 0.05) is 58.5 Å². The van der Waals surface area contributed by atoms with E-state index in [9.17, 15) is 49.2 Å². The number of methoxy groups -OCH3 is 3. The molecule has 1 amide bonds. The summed E-state index contributed by atoms with van der Waals surface area (Å²) in [6, 6.07) is -1.20. The van der Waals surface area contributed by atoms with Crippen molar-refractivity contribution < 1.29 is 77.6 Å². The van der Waals surface area contributed by atoms with E-state index < -0.39 is 120 Å². The molecular weight excluding hydrogens is 943 g/mol. The quantitative estimate of drug-likeness (QED) is 0.116. The summed E-state index contributed by atoms with van der Waals surface area (Å²) in [5.41, 5.74) is -0.277. The van der Waals surface area contributed by atoms with Crippen molar-refractivity contribution in [1.29, 1.82) is 0 Å². The minimum Gasteiger partial charge on any atom is -0.460 e. The minimum absolute atomic E-state index is 0.00697. The van der Waals surface area contributed by atoms with Crippen LogP contribution in [-0.2, 0) is 57.2 Å². The molecule has 4 rings (SSSR count). The molecule has 2 saturated heterocycles. The number of carbonyl (C=O) groups is 6. The summed E-state index contributed by atoms with van der Waals surface area (Å²) in [6.07, 6.45) is 9.76. The molecule has 412 valence electrons. The Hall–Kier alpha value is -3.94. The van der Waals surface area contributed by atoms with Crippen LogP contribution in [0.3, 0.4) is 0 Å². The average molecular weight is 1030 g/mol. The number of aliphatic hydroxyl groups is 4. The molecule has 3 fully saturated rings. The predicted molar refractivity (Wildman–Crippen MR) is 271 cm³/mol. The second-order valence-corrected chi connectivity index (χ2v) is 21.8. The van der Waals surface area contributed by atoms with E-state index in [2.05, 4.69) is 0 Å². The van der Waals surface area contributed by atoms with Crippen molar-refractivity contribution in [2.24, 2.45) is 40.9 Å². The zero-order valence-electron chi connectivity index (χ0n) is 45.3. The van der Waals surface area contributed by atoms with Crippen molar-refractivity contribution >= 4 is 35.2 Å². The number of piperidine rings is 1. The van der Waals surface area contributed by atoms with Gasteiger partial charge in [-0.15, -0.1) is 0 Å². The Morgan fingerprint density at radius 2 is 1.56 bits per heavy atom. The maximum atomic E-state index is 14.5. The van der Waals surface area contributed by atoms with Crippen LogP contribution < -0.4 is 0 Å². The molecule has 4 N–H and O–H groups in total. The standard InChI is InChI=1S/C56H87NO16/c1-33-17-13-12-14-18-34(2)45(68-9)29-41-22-20-39(7)56(67,73-41)51(63)52(64)57-24-16-15-19-42(57)53(65)71-46(30-43(60)35(3)26-38(6)49(62)50(70-11)48(61)37(5)25-33)36(4)27-40-21-23-44(47(28-40)69-10)72-54(66)55(8,31-58)32-59/h12-14,17-18,26,33,35-37,39-42,44-47,49-50,58-59,62,67H,15-16,19-25,27-32H2,1-11H3/b14-12+,17-13+,34-18+,38-26+/t33-,35-,36+,37-,39-,40+,41+,42+,44-,45+,46+,47-,49-,50+,56-/m1/s1. The first-order valence-electron chi connectivity index (χ1n) is 26.4. The second-order valence-electron chi connectivity index (χ2n) is 21.8. The molecule has 17 nitrogen and oxygen atoms in total. The van der Waals surface area contributed by atoms with Crippen LogP contribution in [0.25, 0.3) is 0 Å². The first-order valence-corrected chi connectivity index (χ1v) is 26.4. The highest BCUT2D eigenvalue weighted by atomic mass is 16.6. The molecule has 0 aromatic rings. The molecule has 2 bridgehead atoms. The number of rotatable bonds is 10. The summed E-state index contributed by atoms with van der Waals surface area (Å²) in [4.78, 5) is 85.4. The number of amides is 1. The Labute approximate surface area is 433 Å². The number of fused-ring (bicyclic) bond motifs is 3. The van der Waals surface area contributed by atoms with Gasteiger partial charge in [-0.1, -0.05) is 71.1 Å². The Kier molecular flexibility index (Phi) is 23.9. The van der Waals surface area contributed by atoms with Crippen molar-refractivity contribution in [3.8, 4) is 0 Å². The maximum Gasteiger partial charge on any atom is 0.329 e. The molecular formula is C56H87NO16. The van der Waals surface area contributed by atoms with Crippen LogP contribution in [0.2, 0.25) is 0 Å². The molecule has 1 aliphatic carbocycles. The highest BCUT2D eigenvalue weighted by molar-refractivity contribution is 6.39. The fourth-order valence-electron chi connectivity index (χ4n) is 10.7. The molecule has 3 heterocycles. The van der Waals surface area contributed by atoms with Crippen LogP contribution in [0.1, 0.15) is 132 Å².